The zero-order valence-corrected chi connectivity index (χ0v) is 7.58. The van der Waals surface area contributed by atoms with Crippen LogP contribution in [0.4, 0.5) is 4.79 Å². The Morgan fingerprint density at radius 3 is 2.07 bits per heavy atom. The number of carboxylic acids is 1. The van der Waals surface area contributed by atoms with Gasteiger partial charge >= 0.3 is 12.0 Å². The Bertz CT molecular complexity index is 281. The van der Waals surface area contributed by atoms with Gasteiger partial charge < -0.3 is 10.8 Å². The number of nitrogens with two attached hydrogens (primary N) is 1. The average Bonchev–Trinajstić information content (AvgIpc) is 2.51. The fraction of sp³-hybridized carbons (Fsp3) is 0.625. The van der Waals surface area contributed by atoms with Crippen molar-refractivity contribution >= 4 is 17.9 Å². The highest BCUT2D eigenvalue weighted by Crippen LogP contribution is 2.38. The van der Waals surface area contributed by atoms with Crippen molar-refractivity contribution in [2.75, 3.05) is 0 Å². The van der Waals surface area contributed by atoms with E-state index in [1.54, 1.807) is 0 Å². The number of urea groups is 1. The normalized spacial score (nSPS) is 18.9. The zero-order chi connectivity index (χ0) is 10.8. The van der Waals surface area contributed by atoms with Gasteiger partial charge in [0, 0.05) is 0 Å². The fourth-order valence-electron chi connectivity index (χ4n) is 1.75. The second-order valence-electron chi connectivity index (χ2n) is 3.41. The molecule has 1 saturated carbocycles. The lowest BCUT2D eigenvalue weighted by Gasteiger charge is -2.21. The SMILES string of the molecule is NC(=O)NC(=O)C1(C(=O)O)CCCC1. The number of rotatable bonds is 2. The Hall–Kier alpha value is -1.59. The molecule has 4 N–H and O–H groups in total. The first-order chi connectivity index (χ1) is 6.49. The summed E-state index contributed by atoms with van der Waals surface area (Å²) in [5, 5.41) is 10.8. The van der Waals surface area contributed by atoms with Crippen LogP contribution < -0.4 is 11.1 Å². The molecule has 0 aromatic heterocycles. The molecule has 0 unspecified atom stereocenters. The first-order valence-electron chi connectivity index (χ1n) is 4.33. The van der Waals surface area contributed by atoms with Gasteiger partial charge in [-0.05, 0) is 12.8 Å². The predicted octanol–water partition coefficient (Wildman–Crippen LogP) is -0.174. The van der Waals surface area contributed by atoms with Crippen molar-refractivity contribution in [3.63, 3.8) is 0 Å². The molecule has 0 atom stereocenters. The summed E-state index contributed by atoms with van der Waals surface area (Å²) >= 11 is 0. The number of carboxylic acid groups (broad SMARTS) is 1. The fourth-order valence-corrected chi connectivity index (χ4v) is 1.75. The number of carbonyl (C=O) groups is 3. The minimum Gasteiger partial charge on any atom is -0.480 e. The molecule has 0 bridgehead atoms. The van der Waals surface area contributed by atoms with Crippen LogP contribution in [0.5, 0.6) is 0 Å². The van der Waals surface area contributed by atoms with Crippen LogP contribution in [0.15, 0.2) is 0 Å². The summed E-state index contributed by atoms with van der Waals surface area (Å²) in [7, 11) is 0. The topological polar surface area (TPSA) is 109 Å². The smallest absolute Gasteiger partial charge is 0.319 e. The van der Waals surface area contributed by atoms with Gasteiger partial charge in [-0.15, -0.1) is 0 Å². The number of hydrogen-bond acceptors (Lipinski definition) is 3. The van der Waals surface area contributed by atoms with Gasteiger partial charge in [0.2, 0.25) is 5.91 Å². The second kappa shape index (κ2) is 3.65. The van der Waals surface area contributed by atoms with Crippen molar-refractivity contribution < 1.29 is 19.5 Å². The molecule has 1 rings (SSSR count). The summed E-state index contributed by atoms with van der Waals surface area (Å²) in [4.78, 5) is 32.8. The predicted molar refractivity (Wildman–Crippen MR) is 46.3 cm³/mol. The van der Waals surface area contributed by atoms with Gasteiger partial charge in [0.1, 0.15) is 5.41 Å². The van der Waals surface area contributed by atoms with Crippen LogP contribution in [0.1, 0.15) is 25.7 Å². The van der Waals surface area contributed by atoms with Crippen LogP contribution in [0, 0.1) is 5.41 Å². The molecule has 0 aliphatic heterocycles. The van der Waals surface area contributed by atoms with Crippen LogP contribution in [0.3, 0.4) is 0 Å². The molecular weight excluding hydrogens is 188 g/mol. The Morgan fingerprint density at radius 1 is 1.21 bits per heavy atom. The summed E-state index contributed by atoms with van der Waals surface area (Å²) in [6.45, 7) is 0. The van der Waals surface area contributed by atoms with Gasteiger partial charge in [0.05, 0.1) is 0 Å². The maximum atomic E-state index is 11.4. The molecule has 0 spiro atoms. The first-order valence-corrected chi connectivity index (χ1v) is 4.33. The Morgan fingerprint density at radius 2 is 1.71 bits per heavy atom. The van der Waals surface area contributed by atoms with Gasteiger partial charge in [0.25, 0.3) is 0 Å². The molecule has 0 aromatic carbocycles. The summed E-state index contributed by atoms with van der Waals surface area (Å²) in [5.74, 6) is -1.98. The number of aliphatic carboxylic acids is 1. The molecule has 1 aliphatic carbocycles. The highest BCUT2D eigenvalue weighted by Gasteiger charge is 2.48. The molecule has 6 heteroatoms. The zero-order valence-electron chi connectivity index (χ0n) is 7.58. The summed E-state index contributed by atoms with van der Waals surface area (Å²) in [6.07, 6.45) is 1.89. The molecule has 1 aliphatic rings. The summed E-state index contributed by atoms with van der Waals surface area (Å²) in [6, 6.07) is -1.01. The maximum absolute atomic E-state index is 11.4. The Kier molecular flexibility index (Phi) is 2.73. The number of amides is 3. The molecule has 0 radical (unpaired) electrons. The van der Waals surface area contributed by atoms with Gasteiger partial charge in [0.15, 0.2) is 0 Å². The number of hydrogen-bond donors (Lipinski definition) is 3. The lowest BCUT2D eigenvalue weighted by Crippen LogP contribution is -2.48. The van der Waals surface area contributed by atoms with E-state index in [-0.39, 0.29) is 12.8 Å². The molecular formula is C8H12N2O4. The lowest BCUT2D eigenvalue weighted by atomic mass is 9.85. The lowest BCUT2D eigenvalue weighted by molar-refractivity contribution is -0.155. The quantitative estimate of drug-likeness (QED) is 0.537. The standard InChI is InChI=1S/C8H12N2O4/c9-7(14)10-5(11)8(6(12)13)3-1-2-4-8/h1-4H2,(H,12,13)(H3,9,10,11,14). The van der Waals surface area contributed by atoms with Crippen LogP contribution >= 0.6 is 0 Å². The second-order valence-corrected chi connectivity index (χ2v) is 3.41. The van der Waals surface area contributed by atoms with E-state index in [4.69, 9.17) is 10.8 Å². The van der Waals surface area contributed by atoms with Crippen molar-refractivity contribution in [1.82, 2.24) is 5.32 Å². The van der Waals surface area contributed by atoms with Crippen molar-refractivity contribution in [3.8, 4) is 0 Å². The van der Waals surface area contributed by atoms with E-state index >= 15 is 0 Å². The highest BCUT2D eigenvalue weighted by atomic mass is 16.4. The van der Waals surface area contributed by atoms with E-state index in [2.05, 4.69) is 0 Å². The van der Waals surface area contributed by atoms with E-state index in [1.807, 2.05) is 5.32 Å². The van der Waals surface area contributed by atoms with E-state index in [0.717, 1.165) is 0 Å². The van der Waals surface area contributed by atoms with Crippen LogP contribution in [0.25, 0.3) is 0 Å². The van der Waals surface area contributed by atoms with Crippen molar-refractivity contribution in [3.05, 3.63) is 0 Å². The summed E-state index contributed by atoms with van der Waals surface area (Å²) in [5.41, 5.74) is 3.31. The minimum atomic E-state index is -1.45. The average molecular weight is 200 g/mol. The number of imide groups is 1. The van der Waals surface area contributed by atoms with Crippen LogP contribution in [-0.4, -0.2) is 23.0 Å². The van der Waals surface area contributed by atoms with Gasteiger partial charge in [-0.25, -0.2) is 4.79 Å². The van der Waals surface area contributed by atoms with E-state index in [0.29, 0.717) is 12.8 Å². The monoisotopic (exact) mass is 200 g/mol. The van der Waals surface area contributed by atoms with Gasteiger partial charge in [-0.3, -0.25) is 14.9 Å². The van der Waals surface area contributed by atoms with E-state index in [1.165, 1.54) is 0 Å². The van der Waals surface area contributed by atoms with Crippen molar-refractivity contribution in [1.29, 1.82) is 0 Å². The molecule has 3 amide bonds. The Balaban J connectivity index is 2.83. The number of primary amides is 1. The molecule has 1 fully saturated rings. The molecule has 78 valence electrons. The van der Waals surface area contributed by atoms with Crippen molar-refractivity contribution in [2.45, 2.75) is 25.7 Å². The number of nitrogens with one attached hydrogen (secondary N) is 1. The third-order valence-electron chi connectivity index (χ3n) is 2.54. The van der Waals surface area contributed by atoms with E-state index in [9.17, 15) is 14.4 Å². The van der Waals surface area contributed by atoms with Crippen molar-refractivity contribution in [2.24, 2.45) is 11.1 Å². The third-order valence-corrected chi connectivity index (χ3v) is 2.54. The maximum Gasteiger partial charge on any atom is 0.319 e. The molecule has 0 saturated heterocycles. The van der Waals surface area contributed by atoms with Crippen LogP contribution in [-0.2, 0) is 9.59 Å². The van der Waals surface area contributed by atoms with Crippen LogP contribution in [0.2, 0.25) is 0 Å². The largest absolute Gasteiger partial charge is 0.480 e. The Labute approximate surface area is 80.5 Å². The van der Waals surface area contributed by atoms with Gasteiger partial charge in [-0.2, -0.15) is 0 Å². The molecule has 6 nitrogen and oxygen atoms in total. The van der Waals surface area contributed by atoms with E-state index < -0.39 is 23.3 Å². The minimum absolute atomic E-state index is 0.265. The first kappa shape index (κ1) is 10.5. The highest BCUT2D eigenvalue weighted by molar-refractivity contribution is 6.07. The molecule has 0 heterocycles. The molecule has 14 heavy (non-hydrogen) atoms. The third kappa shape index (κ3) is 1.68. The molecule has 0 aromatic rings. The summed E-state index contributed by atoms with van der Waals surface area (Å²) < 4.78 is 0. The number of carbonyl (C=O) groups excluding carboxylic acids is 2. The van der Waals surface area contributed by atoms with Gasteiger partial charge in [-0.1, -0.05) is 12.8 Å².